The summed E-state index contributed by atoms with van der Waals surface area (Å²) in [7, 11) is 0. The maximum absolute atomic E-state index is 12.4. The van der Waals surface area contributed by atoms with Gasteiger partial charge in [0.25, 0.3) is 0 Å². The molecule has 1 aromatic heterocycles. The summed E-state index contributed by atoms with van der Waals surface area (Å²) in [5.74, 6) is 0.122. The van der Waals surface area contributed by atoms with E-state index >= 15 is 0 Å². The Balaban J connectivity index is 2.51. The number of hydrogen-bond donors (Lipinski definition) is 2. The number of imidazole rings is 1. The molecule has 2 N–H and O–H groups in total. The van der Waals surface area contributed by atoms with Crippen molar-refractivity contribution in [1.82, 2.24) is 9.97 Å². The summed E-state index contributed by atoms with van der Waals surface area (Å²) in [6, 6.07) is 3.15. The van der Waals surface area contributed by atoms with E-state index in [0.717, 1.165) is 12.1 Å². The molecule has 4 nitrogen and oxygen atoms in total. The SMILES string of the molecule is N#CNc1nc2cc(C(F)(F)F)ccc2[nH]1. The quantitative estimate of drug-likeness (QED) is 0.579. The maximum Gasteiger partial charge on any atom is 0.416 e. The van der Waals surface area contributed by atoms with Crippen LogP contribution in [0.2, 0.25) is 0 Å². The molecule has 2 rings (SSSR count). The van der Waals surface area contributed by atoms with Gasteiger partial charge < -0.3 is 4.98 Å². The summed E-state index contributed by atoms with van der Waals surface area (Å²) in [6.07, 6.45) is -2.77. The van der Waals surface area contributed by atoms with Gasteiger partial charge in [-0.15, -0.1) is 0 Å². The number of benzene rings is 1. The zero-order valence-electron chi connectivity index (χ0n) is 7.76. The van der Waals surface area contributed by atoms with Crippen LogP contribution in [0.15, 0.2) is 18.2 Å². The minimum atomic E-state index is -4.39. The molecular formula is C9H5F3N4. The molecule has 0 aliphatic heterocycles. The van der Waals surface area contributed by atoms with Gasteiger partial charge in [-0.05, 0) is 18.2 Å². The zero-order chi connectivity index (χ0) is 11.8. The highest BCUT2D eigenvalue weighted by Crippen LogP contribution is 2.31. The number of alkyl halides is 3. The van der Waals surface area contributed by atoms with Crippen molar-refractivity contribution in [2.75, 3.05) is 5.32 Å². The third kappa shape index (κ3) is 1.77. The third-order valence-electron chi connectivity index (χ3n) is 1.98. The normalized spacial score (nSPS) is 11.4. The third-order valence-corrected chi connectivity index (χ3v) is 1.98. The molecule has 7 heteroatoms. The van der Waals surface area contributed by atoms with E-state index in [1.165, 1.54) is 6.07 Å². The zero-order valence-corrected chi connectivity index (χ0v) is 7.76. The molecule has 0 aliphatic rings. The largest absolute Gasteiger partial charge is 0.416 e. The Bertz CT molecular complexity index is 564. The predicted octanol–water partition coefficient (Wildman–Crippen LogP) is 2.47. The lowest BCUT2D eigenvalue weighted by Gasteiger charge is -2.04. The van der Waals surface area contributed by atoms with E-state index in [1.807, 2.05) is 0 Å². The van der Waals surface area contributed by atoms with Crippen molar-refractivity contribution in [2.24, 2.45) is 0 Å². The number of aromatic nitrogens is 2. The molecule has 0 fully saturated rings. The second-order valence-corrected chi connectivity index (χ2v) is 3.05. The number of hydrogen-bond acceptors (Lipinski definition) is 3. The van der Waals surface area contributed by atoms with Gasteiger partial charge in [-0.2, -0.15) is 18.4 Å². The number of anilines is 1. The summed E-state index contributed by atoms with van der Waals surface area (Å²) in [4.78, 5) is 6.45. The number of halogens is 3. The lowest BCUT2D eigenvalue weighted by atomic mass is 10.2. The standard InChI is InChI=1S/C9H5F3N4/c10-9(11,12)5-1-2-6-7(3-5)16-8(15-6)14-4-13/h1-3H,(H2,14,15,16). The average molecular weight is 226 g/mol. The smallest absolute Gasteiger partial charge is 0.323 e. The van der Waals surface area contributed by atoms with E-state index in [9.17, 15) is 13.2 Å². The first-order valence-corrected chi connectivity index (χ1v) is 4.23. The van der Waals surface area contributed by atoms with E-state index < -0.39 is 11.7 Å². The van der Waals surface area contributed by atoms with E-state index in [0.29, 0.717) is 5.52 Å². The van der Waals surface area contributed by atoms with Crippen molar-refractivity contribution in [3.05, 3.63) is 23.8 Å². The Morgan fingerprint density at radius 1 is 1.38 bits per heavy atom. The van der Waals surface area contributed by atoms with Gasteiger partial charge in [-0.1, -0.05) is 0 Å². The van der Waals surface area contributed by atoms with Gasteiger partial charge in [0.1, 0.15) is 0 Å². The van der Waals surface area contributed by atoms with Crippen molar-refractivity contribution in [3.63, 3.8) is 0 Å². The van der Waals surface area contributed by atoms with Crippen LogP contribution in [0.1, 0.15) is 5.56 Å². The Morgan fingerprint density at radius 3 is 2.75 bits per heavy atom. The van der Waals surface area contributed by atoms with E-state index in [4.69, 9.17) is 5.26 Å². The molecule has 2 aromatic rings. The van der Waals surface area contributed by atoms with Crippen LogP contribution in [0.25, 0.3) is 11.0 Å². The molecule has 16 heavy (non-hydrogen) atoms. The van der Waals surface area contributed by atoms with Crippen molar-refractivity contribution >= 4 is 17.0 Å². The van der Waals surface area contributed by atoms with Gasteiger partial charge in [0.05, 0.1) is 16.6 Å². The van der Waals surface area contributed by atoms with Crippen LogP contribution in [-0.2, 0) is 6.18 Å². The molecule has 1 heterocycles. The highest BCUT2D eigenvalue weighted by atomic mass is 19.4. The summed E-state index contributed by atoms with van der Waals surface area (Å²) in [6.45, 7) is 0. The molecule has 0 atom stereocenters. The Hall–Kier alpha value is -2.23. The van der Waals surface area contributed by atoms with Gasteiger partial charge >= 0.3 is 6.18 Å². The number of fused-ring (bicyclic) bond motifs is 1. The number of aromatic amines is 1. The monoisotopic (exact) mass is 226 g/mol. The van der Waals surface area contributed by atoms with Crippen LogP contribution in [-0.4, -0.2) is 9.97 Å². The molecule has 82 valence electrons. The van der Waals surface area contributed by atoms with Crippen LogP contribution < -0.4 is 5.32 Å². The van der Waals surface area contributed by atoms with Gasteiger partial charge in [0.15, 0.2) is 6.19 Å². The van der Waals surface area contributed by atoms with Gasteiger partial charge in [-0.25, -0.2) is 4.98 Å². The van der Waals surface area contributed by atoms with Gasteiger partial charge in [0.2, 0.25) is 5.95 Å². The molecule has 0 radical (unpaired) electrons. The highest BCUT2D eigenvalue weighted by molar-refractivity contribution is 5.78. The number of H-pyrrole nitrogens is 1. The fraction of sp³-hybridized carbons (Fsp3) is 0.111. The first-order chi connectivity index (χ1) is 7.50. The molecule has 0 bridgehead atoms. The van der Waals surface area contributed by atoms with Crippen molar-refractivity contribution < 1.29 is 13.2 Å². The predicted molar refractivity (Wildman–Crippen MR) is 50.3 cm³/mol. The molecule has 0 aliphatic carbocycles. The molecule has 1 aromatic carbocycles. The fourth-order valence-electron chi connectivity index (χ4n) is 1.29. The summed E-state index contributed by atoms with van der Waals surface area (Å²) < 4.78 is 37.1. The van der Waals surface area contributed by atoms with Crippen LogP contribution >= 0.6 is 0 Å². The molecule has 0 spiro atoms. The molecule has 0 unspecified atom stereocenters. The van der Waals surface area contributed by atoms with E-state index in [1.54, 1.807) is 6.19 Å². The lowest BCUT2D eigenvalue weighted by molar-refractivity contribution is -0.137. The second-order valence-electron chi connectivity index (χ2n) is 3.05. The maximum atomic E-state index is 12.4. The molecule has 0 saturated carbocycles. The fourth-order valence-corrected chi connectivity index (χ4v) is 1.29. The second kappa shape index (κ2) is 3.41. The Kier molecular flexibility index (Phi) is 2.20. The number of nitriles is 1. The highest BCUT2D eigenvalue weighted by Gasteiger charge is 2.30. The van der Waals surface area contributed by atoms with E-state index in [-0.39, 0.29) is 11.5 Å². The van der Waals surface area contributed by atoms with E-state index in [2.05, 4.69) is 15.3 Å². The minimum Gasteiger partial charge on any atom is -0.323 e. The Morgan fingerprint density at radius 2 is 2.12 bits per heavy atom. The number of nitrogens with zero attached hydrogens (tertiary/aromatic N) is 2. The van der Waals surface area contributed by atoms with Crippen molar-refractivity contribution in [2.45, 2.75) is 6.18 Å². The van der Waals surface area contributed by atoms with Crippen LogP contribution in [0, 0.1) is 11.5 Å². The summed E-state index contributed by atoms with van der Waals surface area (Å²) in [5, 5.41) is 10.5. The van der Waals surface area contributed by atoms with Gasteiger partial charge in [-0.3, -0.25) is 5.32 Å². The topological polar surface area (TPSA) is 64.5 Å². The van der Waals surface area contributed by atoms with Crippen LogP contribution in [0.4, 0.5) is 19.1 Å². The van der Waals surface area contributed by atoms with Gasteiger partial charge in [0, 0.05) is 0 Å². The number of nitrogens with one attached hydrogen (secondary N) is 2. The summed E-state index contributed by atoms with van der Waals surface area (Å²) >= 11 is 0. The first kappa shape index (κ1) is 10.3. The lowest BCUT2D eigenvalue weighted by Crippen LogP contribution is -2.04. The van der Waals surface area contributed by atoms with Crippen LogP contribution in [0.5, 0.6) is 0 Å². The van der Waals surface area contributed by atoms with Crippen molar-refractivity contribution in [1.29, 1.82) is 5.26 Å². The Labute approximate surface area is 87.7 Å². The number of rotatable bonds is 1. The molecular weight excluding hydrogens is 221 g/mol. The molecule has 0 amide bonds. The van der Waals surface area contributed by atoms with Crippen molar-refractivity contribution in [3.8, 4) is 6.19 Å². The summed E-state index contributed by atoms with van der Waals surface area (Å²) in [5.41, 5.74) is -0.173. The average Bonchev–Trinajstić information content (AvgIpc) is 2.57. The minimum absolute atomic E-state index is 0.122. The first-order valence-electron chi connectivity index (χ1n) is 4.23. The van der Waals surface area contributed by atoms with Crippen LogP contribution in [0.3, 0.4) is 0 Å². The molecule has 0 saturated heterocycles.